The molecule has 7 nitrogen and oxygen atoms in total. The van der Waals surface area contributed by atoms with E-state index in [1.807, 2.05) is 24.3 Å². The van der Waals surface area contributed by atoms with Crippen molar-refractivity contribution in [3.8, 4) is 21.1 Å². The van der Waals surface area contributed by atoms with Crippen LogP contribution in [-0.4, -0.2) is 52.4 Å². The molecule has 5 rings (SSSR count). The number of carbonyl (C=O) groups excluding carboxylic acids is 1. The SMILES string of the molecule is COC(=O)N(Cc1cc(-c2sc(-c3ccccc3)nc2N2CCCCC2)n[nH]1)C1CC1. The summed E-state index contributed by atoms with van der Waals surface area (Å²) in [5, 5.41) is 8.75. The van der Waals surface area contributed by atoms with E-state index in [0.717, 1.165) is 58.6 Å². The van der Waals surface area contributed by atoms with E-state index in [0.29, 0.717) is 6.54 Å². The van der Waals surface area contributed by atoms with E-state index >= 15 is 0 Å². The third kappa shape index (κ3) is 4.30. The van der Waals surface area contributed by atoms with Gasteiger partial charge in [0.25, 0.3) is 0 Å². The molecule has 2 aromatic heterocycles. The molecule has 3 aromatic rings. The minimum Gasteiger partial charge on any atom is -0.453 e. The molecule has 31 heavy (non-hydrogen) atoms. The molecule has 1 aliphatic carbocycles. The monoisotopic (exact) mass is 437 g/mol. The molecule has 162 valence electrons. The van der Waals surface area contributed by atoms with Crippen molar-refractivity contribution >= 4 is 23.2 Å². The number of carbonyl (C=O) groups is 1. The lowest BCUT2D eigenvalue weighted by Crippen LogP contribution is -2.32. The van der Waals surface area contributed by atoms with Crippen molar-refractivity contribution in [3.05, 3.63) is 42.1 Å². The van der Waals surface area contributed by atoms with Gasteiger partial charge in [-0.1, -0.05) is 30.3 Å². The van der Waals surface area contributed by atoms with Crippen LogP contribution in [0, 0.1) is 0 Å². The highest BCUT2D eigenvalue weighted by molar-refractivity contribution is 7.19. The number of aromatic amines is 1. The molecule has 1 saturated heterocycles. The molecule has 0 radical (unpaired) electrons. The van der Waals surface area contributed by atoms with Gasteiger partial charge in [0.15, 0.2) is 0 Å². The lowest BCUT2D eigenvalue weighted by Gasteiger charge is -2.27. The summed E-state index contributed by atoms with van der Waals surface area (Å²) < 4.78 is 4.97. The first-order valence-electron chi connectivity index (χ1n) is 10.9. The Morgan fingerprint density at radius 3 is 2.71 bits per heavy atom. The minimum atomic E-state index is -0.281. The third-order valence-electron chi connectivity index (χ3n) is 5.89. The summed E-state index contributed by atoms with van der Waals surface area (Å²) in [5.74, 6) is 1.02. The quantitative estimate of drug-likeness (QED) is 0.592. The summed E-state index contributed by atoms with van der Waals surface area (Å²) >= 11 is 1.68. The summed E-state index contributed by atoms with van der Waals surface area (Å²) in [6.07, 6.45) is 5.45. The summed E-state index contributed by atoms with van der Waals surface area (Å²) in [6.45, 7) is 2.54. The highest BCUT2D eigenvalue weighted by Gasteiger charge is 2.34. The average molecular weight is 438 g/mol. The van der Waals surface area contributed by atoms with Crippen LogP contribution in [0.1, 0.15) is 37.8 Å². The largest absolute Gasteiger partial charge is 0.453 e. The van der Waals surface area contributed by atoms with Gasteiger partial charge in [0.1, 0.15) is 16.5 Å². The maximum absolute atomic E-state index is 12.2. The number of thiazole rings is 1. The predicted octanol–water partition coefficient (Wildman–Crippen LogP) is 4.92. The fourth-order valence-corrected chi connectivity index (χ4v) is 5.15. The van der Waals surface area contributed by atoms with Gasteiger partial charge in [-0.15, -0.1) is 11.3 Å². The summed E-state index contributed by atoms with van der Waals surface area (Å²) in [5.41, 5.74) is 2.92. The standard InChI is InChI=1S/C23H27N5O2S/c1-30-23(29)28(18-10-11-18)15-17-14-19(26-25-17)20-21(27-12-6-3-7-13-27)24-22(31-20)16-8-4-2-5-9-16/h2,4-5,8-9,14,18H,3,6-7,10-13,15H2,1H3,(H,25,26). The number of nitrogens with one attached hydrogen (secondary N) is 1. The molecule has 1 aliphatic heterocycles. The van der Waals surface area contributed by atoms with E-state index in [-0.39, 0.29) is 12.1 Å². The summed E-state index contributed by atoms with van der Waals surface area (Å²) in [7, 11) is 1.43. The molecule has 1 aromatic carbocycles. The maximum Gasteiger partial charge on any atom is 0.410 e. The molecular weight excluding hydrogens is 410 g/mol. The number of anilines is 1. The van der Waals surface area contributed by atoms with Crippen molar-refractivity contribution < 1.29 is 9.53 Å². The van der Waals surface area contributed by atoms with E-state index in [4.69, 9.17) is 9.72 Å². The summed E-state index contributed by atoms with van der Waals surface area (Å²) in [4.78, 5) is 22.4. The lowest BCUT2D eigenvalue weighted by molar-refractivity contribution is 0.117. The Hall–Kier alpha value is -2.87. The first-order valence-corrected chi connectivity index (χ1v) is 11.7. The second kappa shape index (κ2) is 8.70. The zero-order valence-electron chi connectivity index (χ0n) is 17.7. The molecule has 3 heterocycles. The molecular formula is C23H27N5O2S. The number of benzene rings is 1. The minimum absolute atomic E-state index is 0.274. The normalized spacial score (nSPS) is 16.4. The fraction of sp³-hybridized carbons (Fsp3) is 0.435. The number of ether oxygens (including phenoxy) is 1. The highest BCUT2D eigenvalue weighted by atomic mass is 32.1. The van der Waals surface area contributed by atoms with Crippen LogP contribution < -0.4 is 4.90 Å². The number of hydrogen-bond acceptors (Lipinski definition) is 6. The molecule has 1 saturated carbocycles. The van der Waals surface area contributed by atoms with Gasteiger partial charge in [0, 0.05) is 24.7 Å². The van der Waals surface area contributed by atoms with E-state index < -0.39 is 0 Å². The maximum atomic E-state index is 12.2. The number of nitrogens with zero attached hydrogens (tertiary/aromatic N) is 4. The van der Waals surface area contributed by atoms with Gasteiger partial charge in [-0.05, 0) is 38.2 Å². The van der Waals surface area contributed by atoms with Crippen molar-refractivity contribution in [2.45, 2.75) is 44.7 Å². The van der Waals surface area contributed by atoms with Crippen LogP contribution in [0.15, 0.2) is 36.4 Å². The van der Waals surface area contributed by atoms with Gasteiger partial charge < -0.3 is 9.64 Å². The molecule has 0 atom stereocenters. The van der Waals surface area contributed by atoms with Gasteiger partial charge in [0.2, 0.25) is 0 Å². The Morgan fingerprint density at radius 2 is 2.00 bits per heavy atom. The van der Waals surface area contributed by atoms with Crippen molar-refractivity contribution in [2.24, 2.45) is 0 Å². The molecule has 2 aliphatic rings. The first kappa shape index (κ1) is 20.1. The predicted molar refractivity (Wildman–Crippen MR) is 122 cm³/mol. The van der Waals surface area contributed by atoms with Gasteiger partial charge in [-0.3, -0.25) is 10.00 Å². The third-order valence-corrected chi connectivity index (χ3v) is 7.00. The van der Waals surface area contributed by atoms with E-state index in [1.165, 1.54) is 26.4 Å². The average Bonchev–Trinajstić information content (AvgIpc) is 3.39. The smallest absolute Gasteiger partial charge is 0.410 e. The van der Waals surface area contributed by atoms with Crippen LogP contribution in [-0.2, 0) is 11.3 Å². The van der Waals surface area contributed by atoms with Crippen molar-refractivity contribution in [1.29, 1.82) is 0 Å². The Labute approximate surface area is 186 Å². The van der Waals surface area contributed by atoms with Crippen molar-refractivity contribution in [2.75, 3.05) is 25.1 Å². The Bertz CT molecular complexity index is 1040. The second-order valence-electron chi connectivity index (χ2n) is 8.19. The lowest BCUT2D eigenvalue weighted by atomic mass is 10.1. The number of aromatic nitrogens is 3. The molecule has 8 heteroatoms. The number of rotatable bonds is 6. The Kier molecular flexibility index (Phi) is 5.63. The summed E-state index contributed by atoms with van der Waals surface area (Å²) in [6, 6.07) is 12.6. The fourth-order valence-electron chi connectivity index (χ4n) is 4.09. The Balaban J connectivity index is 1.46. The van der Waals surface area contributed by atoms with Crippen molar-refractivity contribution in [1.82, 2.24) is 20.1 Å². The van der Waals surface area contributed by atoms with Crippen LogP contribution in [0.25, 0.3) is 21.1 Å². The van der Waals surface area contributed by atoms with Gasteiger partial charge >= 0.3 is 6.09 Å². The molecule has 2 fully saturated rings. The van der Waals surface area contributed by atoms with E-state index in [1.54, 1.807) is 16.2 Å². The number of hydrogen-bond donors (Lipinski definition) is 1. The molecule has 0 unspecified atom stereocenters. The second-order valence-corrected chi connectivity index (χ2v) is 9.19. The number of amides is 1. The van der Waals surface area contributed by atoms with Crippen LogP contribution >= 0.6 is 11.3 Å². The zero-order chi connectivity index (χ0) is 21.2. The molecule has 1 amide bonds. The topological polar surface area (TPSA) is 74.3 Å². The van der Waals surface area contributed by atoms with Crippen LogP contribution in [0.4, 0.5) is 10.6 Å². The number of piperidine rings is 1. The van der Waals surface area contributed by atoms with Crippen LogP contribution in [0.3, 0.4) is 0 Å². The Morgan fingerprint density at radius 1 is 1.23 bits per heavy atom. The van der Waals surface area contributed by atoms with Gasteiger partial charge in [0.05, 0.1) is 24.2 Å². The molecule has 1 N–H and O–H groups in total. The van der Waals surface area contributed by atoms with Gasteiger partial charge in [-0.25, -0.2) is 9.78 Å². The van der Waals surface area contributed by atoms with Crippen molar-refractivity contribution in [3.63, 3.8) is 0 Å². The number of methoxy groups -OCH3 is 1. The molecule has 0 spiro atoms. The van der Waals surface area contributed by atoms with E-state index in [9.17, 15) is 4.79 Å². The molecule has 0 bridgehead atoms. The zero-order valence-corrected chi connectivity index (χ0v) is 18.5. The van der Waals surface area contributed by atoms with Gasteiger partial charge in [-0.2, -0.15) is 5.10 Å². The number of H-pyrrole nitrogens is 1. The first-order chi connectivity index (χ1) is 15.2. The van der Waals surface area contributed by atoms with E-state index in [2.05, 4.69) is 27.2 Å². The van der Waals surface area contributed by atoms with Crippen LogP contribution in [0.2, 0.25) is 0 Å². The highest BCUT2D eigenvalue weighted by Crippen LogP contribution is 2.40. The van der Waals surface area contributed by atoms with Crippen LogP contribution in [0.5, 0.6) is 0 Å².